The van der Waals surface area contributed by atoms with Gasteiger partial charge in [0.05, 0.1) is 11.3 Å². The molecule has 1 aromatic carbocycles. The molecule has 2 nitrogen and oxygen atoms in total. The van der Waals surface area contributed by atoms with E-state index in [0.717, 1.165) is 20.5 Å². The quantitative estimate of drug-likeness (QED) is 0.774. The van der Waals surface area contributed by atoms with Crippen LogP contribution in [0.5, 0.6) is 5.75 Å². The normalized spacial score (nSPS) is 11.0. The molecule has 2 rings (SSSR count). The Kier molecular flexibility index (Phi) is 2.67. The largest absolute Gasteiger partial charge is 0.507 e. The molecule has 0 amide bonds. The van der Waals surface area contributed by atoms with E-state index in [2.05, 4.69) is 0 Å². The van der Waals surface area contributed by atoms with E-state index in [1.54, 1.807) is 29.2 Å². The summed E-state index contributed by atoms with van der Waals surface area (Å²) in [5.41, 5.74) is 0.796. The Morgan fingerprint density at radius 3 is 2.93 bits per heavy atom. The average molecular weight is 226 g/mol. The van der Waals surface area contributed by atoms with E-state index in [9.17, 15) is 5.11 Å². The third kappa shape index (κ3) is 1.39. The van der Waals surface area contributed by atoms with Gasteiger partial charge in [0, 0.05) is 10.3 Å². The van der Waals surface area contributed by atoms with Crippen molar-refractivity contribution in [3.8, 4) is 5.75 Å². The minimum absolute atomic E-state index is 0.0302. The molecule has 14 heavy (non-hydrogen) atoms. The van der Waals surface area contributed by atoms with Crippen molar-refractivity contribution in [1.29, 1.82) is 0 Å². The second kappa shape index (κ2) is 3.81. The van der Waals surface area contributed by atoms with Gasteiger partial charge < -0.3 is 10.2 Å². The second-order valence-corrected chi connectivity index (χ2v) is 4.64. The van der Waals surface area contributed by atoms with Crippen molar-refractivity contribution in [2.45, 2.75) is 11.5 Å². The summed E-state index contributed by atoms with van der Waals surface area (Å²) >= 11 is 3.19. The van der Waals surface area contributed by atoms with Gasteiger partial charge in [-0.1, -0.05) is 0 Å². The summed E-state index contributed by atoms with van der Waals surface area (Å²) in [4.78, 5) is 1.07. The Morgan fingerprint density at radius 1 is 1.50 bits per heavy atom. The van der Waals surface area contributed by atoms with Crippen LogP contribution in [0.15, 0.2) is 22.4 Å². The highest BCUT2D eigenvalue weighted by atomic mass is 32.2. The Labute approximate surface area is 90.2 Å². The number of hydrogen-bond acceptors (Lipinski definition) is 4. The summed E-state index contributed by atoms with van der Waals surface area (Å²) in [5.74, 6) is 0.253. The summed E-state index contributed by atoms with van der Waals surface area (Å²) in [6.07, 6.45) is 1.98. The van der Waals surface area contributed by atoms with Gasteiger partial charge in [0.1, 0.15) is 5.75 Å². The fourth-order valence-electron chi connectivity index (χ4n) is 1.48. The zero-order valence-corrected chi connectivity index (χ0v) is 9.28. The van der Waals surface area contributed by atoms with Gasteiger partial charge in [-0.3, -0.25) is 0 Å². The first-order chi connectivity index (χ1) is 6.77. The summed E-state index contributed by atoms with van der Waals surface area (Å²) in [6.45, 7) is -0.0302. The van der Waals surface area contributed by atoms with Crippen molar-refractivity contribution in [2.24, 2.45) is 0 Å². The van der Waals surface area contributed by atoms with Gasteiger partial charge >= 0.3 is 0 Å². The highest BCUT2D eigenvalue weighted by Gasteiger charge is 2.11. The third-order valence-corrected chi connectivity index (χ3v) is 4.06. The number of aliphatic hydroxyl groups excluding tert-OH is 1. The van der Waals surface area contributed by atoms with E-state index in [1.807, 2.05) is 17.7 Å². The lowest BCUT2D eigenvalue weighted by atomic mass is 10.1. The average Bonchev–Trinajstić information content (AvgIpc) is 2.66. The lowest BCUT2D eigenvalue weighted by Gasteiger charge is -2.07. The van der Waals surface area contributed by atoms with Crippen LogP contribution in [0.1, 0.15) is 5.56 Å². The molecule has 0 aliphatic rings. The number of phenolic OH excluding ortho intramolecular Hbond substituents is 1. The number of aromatic hydroxyl groups is 1. The van der Waals surface area contributed by atoms with Crippen LogP contribution in [-0.2, 0) is 6.61 Å². The zero-order chi connectivity index (χ0) is 10.1. The van der Waals surface area contributed by atoms with Gasteiger partial charge in [-0.2, -0.15) is 0 Å². The standard InChI is InChI=1S/C10H10O2S2/c1-13-9-6(5-11)4-8(12)7-2-3-14-10(7)9/h2-4,11-12H,5H2,1H3. The van der Waals surface area contributed by atoms with E-state index >= 15 is 0 Å². The molecular weight excluding hydrogens is 216 g/mol. The van der Waals surface area contributed by atoms with Crippen molar-refractivity contribution in [2.75, 3.05) is 6.26 Å². The number of hydrogen-bond donors (Lipinski definition) is 2. The van der Waals surface area contributed by atoms with Crippen LogP contribution in [0.25, 0.3) is 10.1 Å². The Hall–Kier alpha value is -0.710. The fourth-order valence-corrected chi connectivity index (χ4v) is 3.44. The van der Waals surface area contributed by atoms with E-state index < -0.39 is 0 Å². The predicted molar refractivity (Wildman–Crippen MR) is 61.2 cm³/mol. The lowest BCUT2D eigenvalue weighted by molar-refractivity contribution is 0.278. The van der Waals surface area contributed by atoms with Crippen LogP contribution in [0.4, 0.5) is 0 Å². The van der Waals surface area contributed by atoms with Crippen molar-refractivity contribution >= 4 is 33.2 Å². The first-order valence-electron chi connectivity index (χ1n) is 4.14. The molecule has 4 heteroatoms. The van der Waals surface area contributed by atoms with Gasteiger partial charge in [0.25, 0.3) is 0 Å². The maximum absolute atomic E-state index is 9.68. The van der Waals surface area contributed by atoms with Gasteiger partial charge in [-0.15, -0.1) is 23.1 Å². The third-order valence-electron chi connectivity index (χ3n) is 2.12. The minimum atomic E-state index is -0.0302. The zero-order valence-electron chi connectivity index (χ0n) is 7.65. The Bertz CT molecular complexity index is 462. The van der Waals surface area contributed by atoms with Crippen LogP contribution < -0.4 is 0 Å². The number of aliphatic hydroxyl groups is 1. The Morgan fingerprint density at radius 2 is 2.29 bits per heavy atom. The molecular formula is C10H10O2S2. The van der Waals surface area contributed by atoms with Crippen molar-refractivity contribution in [1.82, 2.24) is 0 Å². The summed E-state index contributed by atoms with van der Waals surface area (Å²) in [7, 11) is 0. The molecule has 0 atom stereocenters. The smallest absolute Gasteiger partial charge is 0.124 e. The van der Waals surface area contributed by atoms with E-state index in [1.165, 1.54) is 0 Å². The number of benzene rings is 1. The molecule has 0 saturated heterocycles. The first-order valence-corrected chi connectivity index (χ1v) is 6.25. The van der Waals surface area contributed by atoms with Crippen LogP contribution in [0.3, 0.4) is 0 Å². The number of phenols is 1. The van der Waals surface area contributed by atoms with Crippen molar-refractivity contribution < 1.29 is 10.2 Å². The lowest BCUT2D eigenvalue weighted by Crippen LogP contribution is -1.87. The molecule has 2 aromatic rings. The molecule has 0 saturated carbocycles. The number of thioether (sulfide) groups is 1. The minimum Gasteiger partial charge on any atom is -0.507 e. The van der Waals surface area contributed by atoms with Crippen LogP contribution in [-0.4, -0.2) is 16.5 Å². The number of rotatable bonds is 2. The van der Waals surface area contributed by atoms with Crippen LogP contribution in [0, 0.1) is 0 Å². The summed E-state index contributed by atoms with van der Waals surface area (Å²) in [6, 6.07) is 3.54. The van der Waals surface area contributed by atoms with E-state index in [4.69, 9.17) is 5.11 Å². The molecule has 74 valence electrons. The highest BCUT2D eigenvalue weighted by molar-refractivity contribution is 7.99. The molecule has 0 spiro atoms. The van der Waals surface area contributed by atoms with E-state index in [0.29, 0.717) is 0 Å². The maximum atomic E-state index is 9.68. The number of fused-ring (bicyclic) bond motifs is 1. The molecule has 0 aliphatic carbocycles. The molecule has 0 aliphatic heterocycles. The molecule has 1 aromatic heterocycles. The fraction of sp³-hybridized carbons (Fsp3) is 0.200. The molecule has 0 unspecified atom stereocenters. The monoisotopic (exact) mass is 226 g/mol. The van der Waals surface area contributed by atoms with Gasteiger partial charge in [0.2, 0.25) is 0 Å². The first kappa shape index (κ1) is 9.83. The predicted octanol–water partition coefficient (Wildman–Crippen LogP) is 2.82. The molecule has 0 bridgehead atoms. The molecule has 0 fully saturated rings. The SMILES string of the molecule is CSc1c(CO)cc(O)c2ccsc12. The highest BCUT2D eigenvalue weighted by Crippen LogP contribution is 2.38. The summed E-state index contributed by atoms with van der Waals surface area (Å²) < 4.78 is 1.06. The van der Waals surface area contributed by atoms with Crippen LogP contribution >= 0.6 is 23.1 Å². The van der Waals surface area contributed by atoms with Crippen molar-refractivity contribution in [3.05, 3.63) is 23.1 Å². The Balaban J connectivity index is 2.82. The van der Waals surface area contributed by atoms with Crippen molar-refractivity contribution in [3.63, 3.8) is 0 Å². The van der Waals surface area contributed by atoms with Gasteiger partial charge in [-0.05, 0) is 29.3 Å². The van der Waals surface area contributed by atoms with Crippen LogP contribution in [0.2, 0.25) is 0 Å². The summed E-state index contributed by atoms with van der Waals surface area (Å²) in [5, 5.41) is 21.7. The molecule has 1 heterocycles. The van der Waals surface area contributed by atoms with E-state index in [-0.39, 0.29) is 12.4 Å². The number of thiophene rings is 1. The van der Waals surface area contributed by atoms with Gasteiger partial charge in [0.15, 0.2) is 0 Å². The molecule has 2 N–H and O–H groups in total. The second-order valence-electron chi connectivity index (χ2n) is 2.91. The van der Waals surface area contributed by atoms with Gasteiger partial charge in [-0.25, -0.2) is 0 Å². The molecule has 0 radical (unpaired) electrons. The maximum Gasteiger partial charge on any atom is 0.124 e. The topological polar surface area (TPSA) is 40.5 Å².